The van der Waals surface area contributed by atoms with Crippen molar-refractivity contribution in [2.24, 2.45) is 0 Å². The molecule has 0 unspecified atom stereocenters. The lowest BCUT2D eigenvalue weighted by molar-refractivity contribution is 0.0930. The lowest BCUT2D eigenvalue weighted by Gasteiger charge is -2.24. The number of benzene rings is 1. The number of carbonyl (C=O) groups is 1. The summed E-state index contributed by atoms with van der Waals surface area (Å²) in [4.78, 5) is 12.4. The van der Waals surface area contributed by atoms with E-state index in [1.54, 1.807) is 6.07 Å². The fourth-order valence-electron chi connectivity index (χ4n) is 2.29. The van der Waals surface area contributed by atoms with E-state index in [4.69, 9.17) is 0 Å². The maximum Gasteiger partial charge on any atom is 0.251 e. The van der Waals surface area contributed by atoms with Crippen LogP contribution in [-0.4, -0.2) is 51.9 Å². The summed E-state index contributed by atoms with van der Waals surface area (Å²) in [6, 6.07) is 4.65. The second-order valence-electron chi connectivity index (χ2n) is 5.45. The van der Waals surface area contributed by atoms with E-state index in [-0.39, 0.29) is 29.3 Å². The van der Waals surface area contributed by atoms with Crippen molar-refractivity contribution in [1.29, 1.82) is 0 Å². The van der Waals surface area contributed by atoms with Crippen LogP contribution in [0, 0.1) is 0 Å². The van der Waals surface area contributed by atoms with Crippen molar-refractivity contribution in [3.8, 4) is 0 Å². The van der Waals surface area contributed by atoms with Crippen molar-refractivity contribution in [2.45, 2.75) is 23.8 Å². The highest BCUT2D eigenvalue weighted by molar-refractivity contribution is 9.10. The van der Waals surface area contributed by atoms with Crippen molar-refractivity contribution in [2.75, 3.05) is 27.2 Å². The summed E-state index contributed by atoms with van der Waals surface area (Å²) in [7, 11) is -0.591. The standard InChI is InChI=1S/C14H20BrN3O3S.ClH/c1-18(2)22(20,21)13-6-5-10(8-12(13)15)14(19)17-11-4-3-7-16-9-11;/h5-6,8,11,16H,3-4,7,9H2,1-2H3,(H,17,19);1H/t11-;/m0./s1. The van der Waals surface area contributed by atoms with Gasteiger partial charge in [0.1, 0.15) is 0 Å². The number of halogens is 2. The molecule has 2 rings (SSSR count). The first kappa shape index (κ1) is 20.4. The molecule has 0 spiro atoms. The molecule has 0 radical (unpaired) electrons. The van der Waals surface area contributed by atoms with E-state index in [9.17, 15) is 13.2 Å². The highest BCUT2D eigenvalue weighted by Crippen LogP contribution is 2.25. The number of nitrogens with zero attached hydrogens (tertiary/aromatic N) is 1. The number of amides is 1. The number of hydrogen-bond donors (Lipinski definition) is 2. The third kappa shape index (κ3) is 4.90. The Labute approximate surface area is 151 Å². The molecule has 1 saturated heterocycles. The maximum absolute atomic E-state index is 12.2. The third-order valence-electron chi connectivity index (χ3n) is 3.58. The molecule has 0 aromatic heterocycles. The Bertz CT molecular complexity index is 661. The molecule has 6 nitrogen and oxygen atoms in total. The van der Waals surface area contributed by atoms with Crippen LogP contribution in [-0.2, 0) is 10.0 Å². The van der Waals surface area contributed by atoms with Gasteiger partial charge in [-0.25, -0.2) is 12.7 Å². The summed E-state index contributed by atoms with van der Waals surface area (Å²) in [5, 5.41) is 6.20. The molecule has 1 aliphatic rings. The summed E-state index contributed by atoms with van der Waals surface area (Å²) in [5.41, 5.74) is 0.440. The quantitative estimate of drug-likeness (QED) is 0.766. The van der Waals surface area contributed by atoms with E-state index < -0.39 is 10.0 Å². The monoisotopic (exact) mass is 425 g/mol. The van der Waals surface area contributed by atoms with Gasteiger partial charge >= 0.3 is 0 Å². The molecule has 1 aromatic carbocycles. The number of hydrogen-bond acceptors (Lipinski definition) is 4. The largest absolute Gasteiger partial charge is 0.348 e. The fraction of sp³-hybridized carbons (Fsp3) is 0.500. The van der Waals surface area contributed by atoms with Gasteiger partial charge in [-0.3, -0.25) is 4.79 Å². The normalized spacial score (nSPS) is 18.3. The Morgan fingerprint density at radius 1 is 1.39 bits per heavy atom. The molecule has 1 aromatic rings. The number of rotatable bonds is 4. The van der Waals surface area contributed by atoms with Crippen LogP contribution in [0.15, 0.2) is 27.6 Å². The lowest BCUT2D eigenvalue weighted by Crippen LogP contribution is -2.45. The van der Waals surface area contributed by atoms with E-state index >= 15 is 0 Å². The topological polar surface area (TPSA) is 78.5 Å². The van der Waals surface area contributed by atoms with Gasteiger partial charge in [-0.15, -0.1) is 12.4 Å². The molecule has 1 atom stereocenters. The Kier molecular flexibility index (Phi) is 7.47. The van der Waals surface area contributed by atoms with Gasteiger partial charge in [0, 0.05) is 36.7 Å². The van der Waals surface area contributed by atoms with Crippen LogP contribution in [0.2, 0.25) is 0 Å². The van der Waals surface area contributed by atoms with Crippen molar-refractivity contribution in [3.63, 3.8) is 0 Å². The molecule has 0 saturated carbocycles. The van der Waals surface area contributed by atoms with Crippen LogP contribution in [0.3, 0.4) is 0 Å². The van der Waals surface area contributed by atoms with Gasteiger partial charge < -0.3 is 10.6 Å². The molecule has 1 amide bonds. The van der Waals surface area contributed by atoms with Crippen LogP contribution in [0.5, 0.6) is 0 Å². The predicted molar refractivity (Wildman–Crippen MR) is 95.6 cm³/mol. The van der Waals surface area contributed by atoms with E-state index in [1.165, 1.54) is 26.2 Å². The highest BCUT2D eigenvalue weighted by Gasteiger charge is 2.22. The summed E-state index contributed by atoms with van der Waals surface area (Å²) < 4.78 is 25.8. The molecular formula is C14H21BrClN3O3S. The summed E-state index contributed by atoms with van der Waals surface area (Å²) in [6.45, 7) is 1.75. The minimum atomic E-state index is -3.53. The van der Waals surface area contributed by atoms with Gasteiger partial charge in [0.25, 0.3) is 5.91 Å². The number of piperidine rings is 1. The van der Waals surface area contributed by atoms with Crippen molar-refractivity contribution < 1.29 is 13.2 Å². The van der Waals surface area contributed by atoms with Crippen LogP contribution in [0.25, 0.3) is 0 Å². The second-order valence-corrected chi connectivity index (χ2v) is 8.42. The number of carbonyl (C=O) groups excluding carboxylic acids is 1. The number of sulfonamides is 1. The summed E-state index contributed by atoms with van der Waals surface area (Å²) in [6.07, 6.45) is 1.99. The van der Waals surface area contributed by atoms with Gasteiger partial charge in [0.2, 0.25) is 10.0 Å². The first-order valence-corrected chi connectivity index (χ1v) is 9.29. The number of nitrogens with one attached hydrogen (secondary N) is 2. The first-order valence-electron chi connectivity index (χ1n) is 7.06. The molecule has 130 valence electrons. The van der Waals surface area contributed by atoms with Crippen LogP contribution < -0.4 is 10.6 Å². The highest BCUT2D eigenvalue weighted by atomic mass is 79.9. The van der Waals surface area contributed by atoms with Gasteiger partial charge in [-0.2, -0.15) is 0 Å². The van der Waals surface area contributed by atoms with Crippen LogP contribution in [0.4, 0.5) is 0 Å². The maximum atomic E-state index is 12.2. The van der Waals surface area contributed by atoms with E-state index in [0.717, 1.165) is 30.2 Å². The molecule has 1 aliphatic heterocycles. The molecule has 23 heavy (non-hydrogen) atoms. The Balaban J connectivity index is 0.00000264. The third-order valence-corrected chi connectivity index (χ3v) is 6.38. The Hall–Kier alpha value is -0.670. The average Bonchev–Trinajstić information content (AvgIpc) is 2.47. The zero-order valence-electron chi connectivity index (χ0n) is 13.0. The Morgan fingerprint density at radius 2 is 2.09 bits per heavy atom. The van der Waals surface area contributed by atoms with Gasteiger partial charge in [-0.05, 0) is 53.5 Å². The van der Waals surface area contributed by atoms with E-state index in [0.29, 0.717) is 10.0 Å². The fourth-order valence-corrected chi connectivity index (χ4v) is 4.22. The van der Waals surface area contributed by atoms with E-state index in [2.05, 4.69) is 26.6 Å². The lowest BCUT2D eigenvalue weighted by atomic mass is 10.1. The Morgan fingerprint density at radius 3 is 2.61 bits per heavy atom. The van der Waals surface area contributed by atoms with Gasteiger partial charge in [0.05, 0.1) is 4.90 Å². The zero-order valence-corrected chi connectivity index (χ0v) is 16.2. The van der Waals surface area contributed by atoms with Gasteiger partial charge in [-0.1, -0.05) is 0 Å². The zero-order chi connectivity index (χ0) is 16.3. The SMILES string of the molecule is CN(C)S(=O)(=O)c1ccc(C(=O)N[C@H]2CCCNC2)cc1Br.Cl. The minimum absolute atomic E-state index is 0. The van der Waals surface area contributed by atoms with Gasteiger partial charge in [0.15, 0.2) is 0 Å². The predicted octanol–water partition coefficient (Wildman–Crippen LogP) is 1.60. The minimum Gasteiger partial charge on any atom is -0.348 e. The average molecular weight is 427 g/mol. The molecule has 1 fully saturated rings. The van der Waals surface area contributed by atoms with Crippen LogP contribution in [0.1, 0.15) is 23.2 Å². The summed E-state index contributed by atoms with van der Waals surface area (Å²) in [5.74, 6) is -0.191. The second kappa shape index (κ2) is 8.43. The summed E-state index contributed by atoms with van der Waals surface area (Å²) >= 11 is 3.25. The van der Waals surface area contributed by atoms with E-state index in [1.807, 2.05) is 0 Å². The molecular weight excluding hydrogens is 406 g/mol. The molecule has 1 heterocycles. The van der Waals surface area contributed by atoms with Crippen molar-refractivity contribution in [3.05, 3.63) is 28.2 Å². The molecule has 0 aliphatic carbocycles. The first-order chi connectivity index (χ1) is 10.3. The van der Waals surface area contributed by atoms with Crippen LogP contribution >= 0.6 is 28.3 Å². The molecule has 2 N–H and O–H groups in total. The smallest absolute Gasteiger partial charge is 0.251 e. The van der Waals surface area contributed by atoms with Crippen molar-refractivity contribution >= 4 is 44.3 Å². The molecule has 9 heteroatoms. The molecule has 0 bridgehead atoms. The van der Waals surface area contributed by atoms with Crippen molar-refractivity contribution in [1.82, 2.24) is 14.9 Å².